The number of hydrogen-bond acceptors (Lipinski definition) is 5. The van der Waals surface area contributed by atoms with Gasteiger partial charge in [0.2, 0.25) is 11.8 Å². The van der Waals surface area contributed by atoms with Crippen molar-refractivity contribution in [2.45, 2.75) is 25.8 Å². The van der Waals surface area contributed by atoms with E-state index in [0.717, 1.165) is 12.0 Å². The molecule has 0 spiro atoms. The summed E-state index contributed by atoms with van der Waals surface area (Å²) in [5, 5.41) is 17.2. The molecule has 5 nitrogen and oxygen atoms in total. The Labute approximate surface area is 99.3 Å². The first-order valence-electron chi connectivity index (χ1n) is 5.54. The van der Waals surface area contributed by atoms with Gasteiger partial charge in [0.15, 0.2) is 0 Å². The van der Waals surface area contributed by atoms with Crippen LogP contribution in [0.3, 0.4) is 0 Å². The molecule has 0 fully saturated rings. The lowest BCUT2D eigenvalue weighted by Crippen LogP contribution is -2.08. The topological polar surface area (TPSA) is 85.2 Å². The summed E-state index contributed by atoms with van der Waals surface area (Å²) in [6.45, 7) is 1.96. The van der Waals surface area contributed by atoms with Crippen LogP contribution in [-0.2, 0) is 6.42 Å². The van der Waals surface area contributed by atoms with E-state index in [-0.39, 0.29) is 11.8 Å². The smallest absolute Gasteiger partial charge is 0.233 e. The molecule has 0 aliphatic carbocycles. The number of nitrogens with zero attached hydrogens (tertiary/aromatic N) is 2. The van der Waals surface area contributed by atoms with Crippen molar-refractivity contribution >= 4 is 0 Å². The van der Waals surface area contributed by atoms with Crippen molar-refractivity contribution in [1.29, 1.82) is 0 Å². The third kappa shape index (κ3) is 2.82. The zero-order valence-electron chi connectivity index (χ0n) is 9.63. The fourth-order valence-electron chi connectivity index (χ4n) is 1.50. The lowest BCUT2D eigenvalue weighted by Gasteiger charge is -2.00. The second-order valence-electron chi connectivity index (χ2n) is 3.90. The molecule has 90 valence electrons. The van der Waals surface area contributed by atoms with E-state index < -0.39 is 0 Å². The van der Waals surface area contributed by atoms with Gasteiger partial charge >= 0.3 is 0 Å². The summed E-state index contributed by atoms with van der Waals surface area (Å²) >= 11 is 0. The molecule has 0 radical (unpaired) electrons. The molecule has 0 aliphatic rings. The molecule has 2 rings (SSSR count). The van der Waals surface area contributed by atoms with E-state index >= 15 is 0 Å². The van der Waals surface area contributed by atoms with Crippen LogP contribution in [0, 0.1) is 0 Å². The number of phenolic OH excluding ortho intramolecular Hbond substituents is 1. The molecule has 0 aliphatic heterocycles. The van der Waals surface area contributed by atoms with E-state index in [1.807, 2.05) is 13.0 Å². The first-order valence-corrected chi connectivity index (χ1v) is 5.54. The number of nitrogens with two attached hydrogens (primary N) is 1. The van der Waals surface area contributed by atoms with E-state index in [2.05, 4.69) is 10.2 Å². The highest BCUT2D eigenvalue weighted by atomic mass is 16.4. The first kappa shape index (κ1) is 11.6. The van der Waals surface area contributed by atoms with Crippen LogP contribution in [-0.4, -0.2) is 15.3 Å². The van der Waals surface area contributed by atoms with E-state index in [1.54, 1.807) is 18.2 Å². The summed E-state index contributed by atoms with van der Waals surface area (Å²) in [5.74, 6) is 1.20. The normalized spacial score (nSPS) is 12.6. The van der Waals surface area contributed by atoms with E-state index in [9.17, 15) is 5.11 Å². The van der Waals surface area contributed by atoms with Crippen LogP contribution in [0.25, 0.3) is 0 Å². The molecule has 1 atom stereocenters. The van der Waals surface area contributed by atoms with Gasteiger partial charge < -0.3 is 15.3 Å². The number of hydrogen-bond donors (Lipinski definition) is 2. The van der Waals surface area contributed by atoms with Crippen LogP contribution >= 0.6 is 0 Å². The lowest BCUT2D eigenvalue weighted by atomic mass is 10.1. The van der Waals surface area contributed by atoms with Gasteiger partial charge in [-0.15, -0.1) is 10.2 Å². The molecule has 1 heterocycles. The molecule has 3 N–H and O–H groups in total. The standard InChI is InChI=1S/C12H15N3O2/c1-2-10(13)12-15-14-11(17-12)7-8-4-3-5-9(16)6-8/h3-6,10,16H,2,7,13H2,1H3. The monoisotopic (exact) mass is 233 g/mol. The predicted octanol–water partition coefficient (Wildman–Crippen LogP) is 1.78. The molecule has 0 amide bonds. The third-order valence-corrected chi connectivity index (χ3v) is 2.51. The largest absolute Gasteiger partial charge is 0.508 e. The van der Waals surface area contributed by atoms with Gasteiger partial charge in [0, 0.05) is 0 Å². The summed E-state index contributed by atoms with van der Waals surface area (Å²) in [5.41, 5.74) is 6.71. The Hall–Kier alpha value is -1.88. The number of rotatable bonds is 4. The second kappa shape index (κ2) is 4.97. The van der Waals surface area contributed by atoms with Crippen LogP contribution in [0.5, 0.6) is 5.75 Å². The maximum absolute atomic E-state index is 9.34. The fraction of sp³-hybridized carbons (Fsp3) is 0.333. The minimum atomic E-state index is -0.208. The molecular formula is C12H15N3O2. The van der Waals surface area contributed by atoms with Crippen LogP contribution < -0.4 is 5.73 Å². The van der Waals surface area contributed by atoms with Crippen molar-refractivity contribution in [3.8, 4) is 5.75 Å². The van der Waals surface area contributed by atoms with Crippen molar-refractivity contribution < 1.29 is 9.52 Å². The highest BCUT2D eigenvalue weighted by molar-refractivity contribution is 5.28. The fourth-order valence-corrected chi connectivity index (χ4v) is 1.50. The van der Waals surface area contributed by atoms with Gasteiger partial charge in [-0.1, -0.05) is 19.1 Å². The van der Waals surface area contributed by atoms with Crippen LogP contribution in [0.4, 0.5) is 0 Å². The zero-order chi connectivity index (χ0) is 12.3. The maximum Gasteiger partial charge on any atom is 0.233 e. The Bertz CT molecular complexity index is 496. The van der Waals surface area contributed by atoms with Gasteiger partial charge in [0.1, 0.15) is 5.75 Å². The first-order chi connectivity index (χ1) is 8.19. The van der Waals surface area contributed by atoms with E-state index in [4.69, 9.17) is 10.2 Å². The van der Waals surface area contributed by atoms with Crippen molar-refractivity contribution in [2.24, 2.45) is 5.73 Å². The highest BCUT2D eigenvalue weighted by Gasteiger charge is 2.12. The summed E-state index contributed by atoms with van der Waals surface area (Å²) < 4.78 is 5.45. The summed E-state index contributed by atoms with van der Waals surface area (Å²) in [6, 6.07) is 6.75. The second-order valence-corrected chi connectivity index (χ2v) is 3.90. The van der Waals surface area contributed by atoms with Crippen LogP contribution in [0.15, 0.2) is 28.7 Å². The summed E-state index contributed by atoms with van der Waals surface area (Å²) in [6.07, 6.45) is 1.26. The molecule has 0 bridgehead atoms. The van der Waals surface area contributed by atoms with E-state index in [1.165, 1.54) is 0 Å². The van der Waals surface area contributed by atoms with Crippen LogP contribution in [0.1, 0.15) is 36.7 Å². The molecule has 2 aromatic rings. The number of phenols is 1. The van der Waals surface area contributed by atoms with Gasteiger partial charge in [-0.25, -0.2) is 0 Å². The molecule has 5 heteroatoms. The minimum absolute atomic E-state index is 0.208. The van der Waals surface area contributed by atoms with Crippen molar-refractivity contribution in [2.75, 3.05) is 0 Å². The van der Waals surface area contributed by atoms with Crippen LogP contribution in [0.2, 0.25) is 0 Å². The molecule has 0 saturated carbocycles. The van der Waals surface area contributed by atoms with Crippen molar-refractivity contribution in [1.82, 2.24) is 10.2 Å². The number of benzene rings is 1. The SMILES string of the molecule is CCC(N)c1nnc(Cc2cccc(O)c2)o1. The average molecular weight is 233 g/mol. The lowest BCUT2D eigenvalue weighted by molar-refractivity contribution is 0.418. The Morgan fingerprint density at radius 1 is 1.41 bits per heavy atom. The van der Waals surface area contributed by atoms with Gasteiger partial charge in [-0.2, -0.15) is 0 Å². The molecule has 17 heavy (non-hydrogen) atoms. The van der Waals surface area contributed by atoms with Gasteiger partial charge in [0.05, 0.1) is 12.5 Å². The number of aromatic nitrogens is 2. The average Bonchev–Trinajstić information content (AvgIpc) is 2.76. The summed E-state index contributed by atoms with van der Waals surface area (Å²) in [7, 11) is 0. The van der Waals surface area contributed by atoms with Crippen molar-refractivity contribution in [3.63, 3.8) is 0 Å². The van der Waals surface area contributed by atoms with Gasteiger partial charge in [-0.3, -0.25) is 0 Å². The maximum atomic E-state index is 9.34. The Balaban J connectivity index is 2.11. The van der Waals surface area contributed by atoms with E-state index in [0.29, 0.717) is 18.2 Å². The Morgan fingerprint density at radius 2 is 2.24 bits per heavy atom. The Kier molecular flexibility index (Phi) is 3.39. The molecular weight excluding hydrogens is 218 g/mol. The predicted molar refractivity (Wildman–Crippen MR) is 62.4 cm³/mol. The Morgan fingerprint density at radius 3 is 2.94 bits per heavy atom. The number of aromatic hydroxyl groups is 1. The third-order valence-electron chi connectivity index (χ3n) is 2.51. The molecule has 0 saturated heterocycles. The van der Waals surface area contributed by atoms with Gasteiger partial charge in [-0.05, 0) is 24.1 Å². The van der Waals surface area contributed by atoms with Gasteiger partial charge in [0.25, 0.3) is 0 Å². The quantitative estimate of drug-likeness (QED) is 0.840. The molecule has 1 aromatic heterocycles. The molecule has 1 unspecified atom stereocenters. The zero-order valence-corrected chi connectivity index (χ0v) is 9.63. The minimum Gasteiger partial charge on any atom is -0.508 e. The van der Waals surface area contributed by atoms with Crippen molar-refractivity contribution in [3.05, 3.63) is 41.6 Å². The molecule has 1 aromatic carbocycles. The highest BCUT2D eigenvalue weighted by Crippen LogP contribution is 2.16. The summed E-state index contributed by atoms with van der Waals surface area (Å²) in [4.78, 5) is 0.